The van der Waals surface area contributed by atoms with Crippen LogP contribution in [-0.2, 0) is 4.74 Å². The monoisotopic (exact) mass is 428 g/mol. The Balaban J connectivity index is 1.63. The maximum atomic E-state index is 14.4. The number of benzene rings is 1. The Hall–Kier alpha value is -3.40. The van der Waals surface area contributed by atoms with Gasteiger partial charge in [0.15, 0.2) is 17.5 Å². The number of ether oxygens (including phenoxy) is 2. The van der Waals surface area contributed by atoms with E-state index in [4.69, 9.17) is 9.47 Å². The average Bonchev–Trinajstić information content (AvgIpc) is 2.75. The average molecular weight is 428 g/mol. The molecular formula is C21H22F2N6O2. The highest BCUT2D eigenvalue weighted by Crippen LogP contribution is 2.30. The first kappa shape index (κ1) is 20.9. The number of nitrogens with zero attached hydrogens (tertiary/aromatic N) is 5. The number of morpholine rings is 1. The number of hydrogen-bond acceptors (Lipinski definition) is 8. The molecule has 3 heterocycles. The van der Waals surface area contributed by atoms with Crippen molar-refractivity contribution in [3.05, 3.63) is 48.2 Å². The first-order valence-electron chi connectivity index (χ1n) is 9.80. The minimum Gasteiger partial charge on any atom is -0.479 e. The maximum absolute atomic E-state index is 14.4. The van der Waals surface area contributed by atoms with Crippen LogP contribution in [0.1, 0.15) is 13.8 Å². The Kier molecular flexibility index (Phi) is 5.90. The van der Waals surface area contributed by atoms with Crippen molar-refractivity contribution in [1.29, 1.82) is 0 Å². The van der Waals surface area contributed by atoms with Crippen LogP contribution in [-0.4, -0.2) is 52.6 Å². The molecule has 1 aliphatic rings. The third-order valence-electron chi connectivity index (χ3n) is 4.79. The minimum absolute atomic E-state index is 0.0135. The fourth-order valence-electron chi connectivity index (χ4n) is 3.49. The molecule has 1 fully saturated rings. The lowest BCUT2D eigenvalue weighted by Crippen LogP contribution is -2.46. The van der Waals surface area contributed by atoms with Gasteiger partial charge in [-0.2, -0.15) is 4.98 Å². The van der Waals surface area contributed by atoms with Gasteiger partial charge in [0.05, 0.1) is 25.5 Å². The molecule has 0 amide bonds. The molecule has 2 atom stereocenters. The molecule has 0 bridgehead atoms. The molecule has 0 radical (unpaired) electrons. The van der Waals surface area contributed by atoms with Gasteiger partial charge in [-0.15, -0.1) is 10.2 Å². The molecule has 10 heteroatoms. The molecule has 2 aromatic heterocycles. The van der Waals surface area contributed by atoms with E-state index in [0.717, 1.165) is 6.20 Å². The van der Waals surface area contributed by atoms with E-state index in [1.807, 2.05) is 18.7 Å². The predicted octanol–water partition coefficient (Wildman–Crippen LogP) is 3.58. The maximum Gasteiger partial charge on any atom is 0.241 e. The second-order valence-electron chi connectivity index (χ2n) is 7.31. The predicted molar refractivity (Wildman–Crippen MR) is 111 cm³/mol. The minimum atomic E-state index is -0.626. The molecule has 1 aromatic carbocycles. The molecular weight excluding hydrogens is 406 g/mol. The zero-order valence-corrected chi connectivity index (χ0v) is 17.3. The Morgan fingerprint density at radius 2 is 1.81 bits per heavy atom. The van der Waals surface area contributed by atoms with Crippen molar-refractivity contribution in [3.8, 4) is 17.0 Å². The molecule has 0 unspecified atom stereocenters. The van der Waals surface area contributed by atoms with E-state index < -0.39 is 5.82 Å². The number of anilines is 3. The van der Waals surface area contributed by atoms with Crippen molar-refractivity contribution in [2.24, 2.45) is 0 Å². The van der Waals surface area contributed by atoms with Crippen LogP contribution in [0.2, 0.25) is 0 Å². The highest BCUT2D eigenvalue weighted by molar-refractivity contribution is 5.72. The van der Waals surface area contributed by atoms with E-state index in [0.29, 0.717) is 30.2 Å². The normalized spacial score (nSPS) is 18.7. The summed E-state index contributed by atoms with van der Waals surface area (Å²) in [6.45, 7) is 5.14. The van der Waals surface area contributed by atoms with Crippen LogP contribution in [0.5, 0.6) is 5.88 Å². The summed E-state index contributed by atoms with van der Waals surface area (Å²) in [5, 5.41) is 10.9. The van der Waals surface area contributed by atoms with Crippen LogP contribution < -0.4 is 15.0 Å². The van der Waals surface area contributed by atoms with Gasteiger partial charge < -0.3 is 19.7 Å². The fourth-order valence-corrected chi connectivity index (χ4v) is 3.49. The summed E-state index contributed by atoms with van der Waals surface area (Å²) in [6, 6.07) is 7.51. The SMILES string of the molecule is COc1nnc(Nc2nc(N3C[C@@H](C)O[C@@H](C)C3)ncc2F)cc1-c1ccc(F)cc1. The van der Waals surface area contributed by atoms with Crippen molar-refractivity contribution in [2.45, 2.75) is 26.1 Å². The lowest BCUT2D eigenvalue weighted by atomic mass is 10.1. The van der Waals surface area contributed by atoms with E-state index in [1.165, 1.54) is 19.2 Å². The third kappa shape index (κ3) is 4.69. The third-order valence-corrected chi connectivity index (χ3v) is 4.79. The number of aromatic nitrogens is 4. The van der Waals surface area contributed by atoms with Crippen molar-refractivity contribution < 1.29 is 18.3 Å². The Bertz CT molecular complexity index is 1060. The van der Waals surface area contributed by atoms with Gasteiger partial charge in [-0.3, -0.25) is 0 Å². The van der Waals surface area contributed by atoms with Crippen molar-refractivity contribution in [2.75, 3.05) is 30.4 Å². The van der Waals surface area contributed by atoms with Crippen LogP contribution in [0, 0.1) is 11.6 Å². The van der Waals surface area contributed by atoms with Crippen molar-refractivity contribution in [3.63, 3.8) is 0 Å². The molecule has 1 aliphatic heterocycles. The van der Waals surface area contributed by atoms with Crippen molar-refractivity contribution in [1.82, 2.24) is 20.2 Å². The summed E-state index contributed by atoms with van der Waals surface area (Å²) in [7, 11) is 1.46. The van der Waals surface area contributed by atoms with Crippen LogP contribution in [0.3, 0.4) is 0 Å². The van der Waals surface area contributed by atoms with Gasteiger partial charge >= 0.3 is 0 Å². The molecule has 31 heavy (non-hydrogen) atoms. The van der Waals surface area contributed by atoms with Crippen LogP contribution in [0.15, 0.2) is 36.5 Å². The van der Waals surface area contributed by atoms with Crippen LogP contribution in [0.4, 0.5) is 26.4 Å². The summed E-state index contributed by atoms with van der Waals surface area (Å²) in [6.07, 6.45) is 1.15. The zero-order valence-electron chi connectivity index (χ0n) is 17.3. The highest BCUT2D eigenvalue weighted by atomic mass is 19.1. The topological polar surface area (TPSA) is 85.3 Å². The number of nitrogens with one attached hydrogen (secondary N) is 1. The first-order chi connectivity index (χ1) is 14.9. The standard InChI is InChI=1S/C21H22F2N6O2/c1-12-10-29(11-13(2)31-12)21-24-9-17(23)19(26-21)25-18-8-16(20(30-3)28-27-18)14-4-6-15(22)7-5-14/h4-9,12-13H,10-11H2,1-3H3,(H,24,25,26,27)/t12-,13+. The molecule has 8 nitrogen and oxygen atoms in total. The lowest BCUT2D eigenvalue weighted by molar-refractivity contribution is -0.00572. The van der Waals surface area contributed by atoms with Crippen LogP contribution >= 0.6 is 0 Å². The van der Waals surface area contributed by atoms with E-state index in [-0.39, 0.29) is 35.5 Å². The van der Waals surface area contributed by atoms with E-state index in [1.54, 1.807) is 18.2 Å². The van der Waals surface area contributed by atoms with Crippen molar-refractivity contribution >= 4 is 17.6 Å². The zero-order chi connectivity index (χ0) is 22.0. The molecule has 0 saturated carbocycles. The van der Waals surface area contributed by atoms with E-state index in [9.17, 15) is 8.78 Å². The van der Waals surface area contributed by atoms with Gasteiger partial charge in [-0.05, 0) is 37.6 Å². The van der Waals surface area contributed by atoms with Gasteiger partial charge in [0.25, 0.3) is 0 Å². The summed E-state index contributed by atoms with van der Waals surface area (Å²) in [4.78, 5) is 10.4. The molecule has 3 aromatic rings. The molecule has 0 aliphatic carbocycles. The van der Waals surface area contributed by atoms with Gasteiger partial charge in [0.1, 0.15) is 5.82 Å². The fraction of sp³-hybridized carbons (Fsp3) is 0.333. The van der Waals surface area contributed by atoms with E-state index in [2.05, 4.69) is 25.5 Å². The number of hydrogen-bond donors (Lipinski definition) is 1. The first-order valence-corrected chi connectivity index (χ1v) is 9.80. The Morgan fingerprint density at radius 1 is 1.10 bits per heavy atom. The Morgan fingerprint density at radius 3 is 2.48 bits per heavy atom. The van der Waals surface area contributed by atoms with Gasteiger partial charge in [-0.25, -0.2) is 13.8 Å². The summed E-state index contributed by atoms with van der Waals surface area (Å²) >= 11 is 0. The summed E-state index contributed by atoms with van der Waals surface area (Å²) in [5.41, 5.74) is 1.25. The number of methoxy groups -OCH3 is 1. The molecule has 1 N–H and O–H groups in total. The Labute approximate surface area is 178 Å². The second kappa shape index (κ2) is 8.76. The lowest BCUT2D eigenvalue weighted by Gasteiger charge is -2.35. The largest absolute Gasteiger partial charge is 0.479 e. The number of halogens is 2. The van der Waals surface area contributed by atoms with Gasteiger partial charge in [-0.1, -0.05) is 12.1 Å². The van der Waals surface area contributed by atoms with Gasteiger partial charge in [0, 0.05) is 18.7 Å². The number of rotatable bonds is 5. The summed E-state index contributed by atoms with van der Waals surface area (Å²) in [5.74, 6) is -0.0957. The quantitative estimate of drug-likeness (QED) is 0.660. The highest BCUT2D eigenvalue weighted by Gasteiger charge is 2.25. The molecule has 4 rings (SSSR count). The molecule has 162 valence electrons. The van der Waals surface area contributed by atoms with E-state index >= 15 is 0 Å². The smallest absolute Gasteiger partial charge is 0.241 e. The molecule has 1 saturated heterocycles. The summed E-state index contributed by atoms with van der Waals surface area (Å²) < 4.78 is 38.7. The molecule has 0 spiro atoms. The van der Waals surface area contributed by atoms with Crippen LogP contribution in [0.25, 0.3) is 11.1 Å². The second-order valence-corrected chi connectivity index (χ2v) is 7.31. The van der Waals surface area contributed by atoms with Gasteiger partial charge in [0.2, 0.25) is 11.8 Å².